The molecule has 0 bridgehead atoms. The van der Waals surface area contributed by atoms with Gasteiger partial charge in [-0.1, -0.05) is 33.8 Å². The van der Waals surface area contributed by atoms with Crippen molar-refractivity contribution in [1.82, 2.24) is 4.90 Å². The van der Waals surface area contributed by atoms with Crippen LogP contribution in [0.4, 0.5) is 0 Å². The molecule has 13 heavy (non-hydrogen) atoms. The molecule has 0 saturated carbocycles. The molecule has 0 aromatic carbocycles. The summed E-state index contributed by atoms with van der Waals surface area (Å²) in [4.78, 5) is 2.49. The molecule has 0 aliphatic heterocycles. The predicted octanol–water partition coefficient (Wildman–Crippen LogP) is 3.32. The van der Waals surface area contributed by atoms with Gasteiger partial charge in [0.25, 0.3) is 0 Å². The van der Waals surface area contributed by atoms with Crippen LogP contribution in [0.2, 0.25) is 0 Å². The lowest BCUT2D eigenvalue weighted by molar-refractivity contribution is 0.240. The minimum absolute atomic E-state index is 0.460. The van der Waals surface area contributed by atoms with Gasteiger partial charge < -0.3 is 4.90 Å². The fourth-order valence-electron chi connectivity index (χ4n) is 1.20. The number of hydrogen-bond donors (Lipinski definition) is 0. The Hall–Kier alpha value is -0.300. The molecule has 0 aromatic heterocycles. The van der Waals surface area contributed by atoms with E-state index in [2.05, 4.69) is 39.2 Å². The first-order chi connectivity index (χ1) is 5.99. The molecule has 0 aromatic rings. The first kappa shape index (κ1) is 12.7. The van der Waals surface area contributed by atoms with Crippen LogP contribution in [-0.4, -0.2) is 24.5 Å². The second kappa shape index (κ2) is 6.20. The fourth-order valence-corrected chi connectivity index (χ4v) is 1.20. The summed E-state index contributed by atoms with van der Waals surface area (Å²) in [5, 5.41) is 0. The molecule has 1 nitrogen and oxygen atoms in total. The van der Waals surface area contributed by atoms with Gasteiger partial charge in [0.2, 0.25) is 0 Å². The van der Waals surface area contributed by atoms with E-state index >= 15 is 0 Å². The van der Waals surface area contributed by atoms with Gasteiger partial charge in [0.05, 0.1) is 0 Å². The molecular formula is C12H25N. The van der Waals surface area contributed by atoms with E-state index < -0.39 is 0 Å². The molecule has 0 aliphatic rings. The Morgan fingerprint density at radius 2 is 1.85 bits per heavy atom. The van der Waals surface area contributed by atoms with Crippen LogP contribution in [-0.2, 0) is 0 Å². The molecule has 1 heteroatoms. The third kappa shape index (κ3) is 8.04. The van der Waals surface area contributed by atoms with Gasteiger partial charge in [-0.15, -0.1) is 6.58 Å². The molecule has 0 fully saturated rings. The lowest BCUT2D eigenvalue weighted by atomic mass is 9.92. The summed E-state index contributed by atoms with van der Waals surface area (Å²) in [6.45, 7) is 16.4. The van der Waals surface area contributed by atoms with Crippen LogP contribution in [0.25, 0.3) is 0 Å². The highest BCUT2D eigenvalue weighted by Gasteiger charge is 2.11. The molecular weight excluding hydrogens is 158 g/mol. The van der Waals surface area contributed by atoms with Crippen LogP contribution < -0.4 is 0 Å². The summed E-state index contributed by atoms with van der Waals surface area (Å²) >= 11 is 0. The molecule has 0 unspecified atom stereocenters. The third-order valence-electron chi connectivity index (χ3n) is 2.27. The van der Waals surface area contributed by atoms with Crippen molar-refractivity contribution < 1.29 is 0 Å². The quantitative estimate of drug-likeness (QED) is 0.571. The third-order valence-corrected chi connectivity index (χ3v) is 2.27. The van der Waals surface area contributed by atoms with E-state index in [0.29, 0.717) is 5.41 Å². The van der Waals surface area contributed by atoms with Gasteiger partial charge in [-0.05, 0) is 31.3 Å². The zero-order valence-electron chi connectivity index (χ0n) is 9.77. The van der Waals surface area contributed by atoms with Gasteiger partial charge in [0.15, 0.2) is 0 Å². The highest BCUT2D eigenvalue weighted by Crippen LogP contribution is 2.18. The topological polar surface area (TPSA) is 3.24 Å². The predicted molar refractivity (Wildman–Crippen MR) is 61.0 cm³/mol. The maximum Gasteiger partial charge on any atom is 0.00157 e. The Bertz CT molecular complexity index is 133. The zero-order valence-corrected chi connectivity index (χ0v) is 9.77. The standard InChI is InChI=1S/C12H25N/c1-6-8-10-13(7-2)11-9-12(3,4)5/h6H,1,7-11H2,2-5H3. The van der Waals surface area contributed by atoms with Gasteiger partial charge in [0, 0.05) is 6.54 Å². The Kier molecular flexibility index (Phi) is 6.06. The van der Waals surface area contributed by atoms with Crippen LogP contribution in [0.15, 0.2) is 12.7 Å². The molecule has 0 heterocycles. The highest BCUT2D eigenvalue weighted by atomic mass is 15.1. The van der Waals surface area contributed by atoms with Gasteiger partial charge >= 0.3 is 0 Å². The van der Waals surface area contributed by atoms with E-state index in [9.17, 15) is 0 Å². The summed E-state index contributed by atoms with van der Waals surface area (Å²) in [6.07, 6.45) is 4.38. The second-order valence-corrected chi connectivity index (χ2v) is 4.82. The number of nitrogens with zero attached hydrogens (tertiary/aromatic N) is 1. The van der Waals surface area contributed by atoms with Crippen molar-refractivity contribution in [2.24, 2.45) is 5.41 Å². The van der Waals surface area contributed by atoms with E-state index in [1.165, 1.54) is 13.0 Å². The summed E-state index contributed by atoms with van der Waals surface area (Å²) in [5.41, 5.74) is 0.460. The minimum atomic E-state index is 0.460. The van der Waals surface area contributed by atoms with Gasteiger partial charge in [0.1, 0.15) is 0 Å². The first-order valence-electron chi connectivity index (χ1n) is 5.33. The van der Waals surface area contributed by atoms with E-state index in [4.69, 9.17) is 0 Å². The molecule has 0 atom stereocenters. The minimum Gasteiger partial charge on any atom is -0.303 e. The summed E-state index contributed by atoms with van der Waals surface area (Å²) < 4.78 is 0. The molecule has 0 aliphatic carbocycles. The van der Waals surface area contributed by atoms with Crippen LogP contribution in [0.5, 0.6) is 0 Å². The average Bonchev–Trinajstić information content (AvgIpc) is 2.03. The second-order valence-electron chi connectivity index (χ2n) is 4.82. The highest BCUT2D eigenvalue weighted by molar-refractivity contribution is 4.71. The lowest BCUT2D eigenvalue weighted by Crippen LogP contribution is -2.28. The van der Waals surface area contributed by atoms with E-state index in [1.807, 2.05) is 6.08 Å². The summed E-state index contributed by atoms with van der Waals surface area (Å²) in [7, 11) is 0. The maximum atomic E-state index is 3.75. The summed E-state index contributed by atoms with van der Waals surface area (Å²) in [6, 6.07) is 0. The van der Waals surface area contributed by atoms with Gasteiger partial charge in [-0.2, -0.15) is 0 Å². The van der Waals surface area contributed by atoms with Crippen molar-refractivity contribution in [3.05, 3.63) is 12.7 Å². The van der Waals surface area contributed by atoms with Crippen molar-refractivity contribution in [1.29, 1.82) is 0 Å². The summed E-state index contributed by atoms with van der Waals surface area (Å²) in [5.74, 6) is 0. The van der Waals surface area contributed by atoms with Crippen LogP contribution in [0.1, 0.15) is 40.5 Å². The lowest BCUT2D eigenvalue weighted by Gasteiger charge is -2.25. The van der Waals surface area contributed by atoms with E-state index in [1.54, 1.807) is 0 Å². The average molecular weight is 183 g/mol. The van der Waals surface area contributed by atoms with Crippen molar-refractivity contribution in [3.63, 3.8) is 0 Å². The Balaban J connectivity index is 3.65. The molecule has 0 spiro atoms. The van der Waals surface area contributed by atoms with Crippen LogP contribution in [0, 0.1) is 5.41 Å². The molecule has 0 amide bonds. The Morgan fingerprint density at radius 1 is 1.23 bits per heavy atom. The molecule has 0 saturated heterocycles. The molecule has 0 rings (SSSR count). The maximum absolute atomic E-state index is 3.75. The number of rotatable bonds is 6. The van der Waals surface area contributed by atoms with Gasteiger partial charge in [-0.3, -0.25) is 0 Å². The molecule has 0 radical (unpaired) electrons. The van der Waals surface area contributed by atoms with Crippen molar-refractivity contribution in [3.8, 4) is 0 Å². The Morgan fingerprint density at radius 3 is 2.23 bits per heavy atom. The molecule has 0 N–H and O–H groups in total. The van der Waals surface area contributed by atoms with Crippen LogP contribution >= 0.6 is 0 Å². The van der Waals surface area contributed by atoms with Crippen molar-refractivity contribution in [2.75, 3.05) is 19.6 Å². The van der Waals surface area contributed by atoms with Crippen LogP contribution in [0.3, 0.4) is 0 Å². The monoisotopic (exact) mass is 183 g/mol. The smallest absolute Gasteiger partial charge is 0.00157 e. The van der Waals surface area contributed by atoms with Gasteiger partial charge in [-0.25, -0.2) is 0 Å². The largest absolute Gasteiger partial charge is 0.303 e. The first-order valence-corrected chi connectivity index (χ1v) is 5.33. The van der Waals surface area contributed by atoms with E-state index in [-0.39, 0.29) is 0 Å². The molecule has 78 valence electrons. The fraction of sp³-hybridized carbons (Fsp3) is 0.833. The van der Waals surface area contributed by atoms with Crippen molar-refractivity contribution >= 4 is 0 Å². The normalized spacial score (nSPS) is 12.1. The number of hydrogen-bond acceptors (Lipinski definition) is 1. The van der Waals surface area contributed by atoms with Crippen molar-refractivity contribution in [2.45, 2.75) is 40.5 Å². The van der Waals surface area contributed by atoms with E-state index in [0.717, 1.165) is 19.5 Å². The SMILES string of the molecule is C=CCCN(CC)CCC(C)(C)C. The Labute approximate surface area is 83.8 Å². The zero-order chi connectivity index (χ0) is 10.3.